The number of rotatable bonds is 4. The molecule has 1 unspecified atom stereocenters. The first-order valence-electron chi connectivity index (χ1n) is 5.06. The SMILES string of the molecule is C=C(CN1CCCC(OC)C1)[B-](F)(F)F. The van der Waals surface area contributed by atoms with Crippen molar-refractivity contribution in [1.29, 1.82) is 0 Å². The zero-order valence-electron chi connectivity index (χ0n) is 8.89. The molecule has 0 spiro atoms. The van der Waals surface area contributed by atoms with Crippen LogP contribution in [0.3, 0.4) is 0 Å². The normalized spacial score (nSPS) is 24.1. The molecule has 15 heavy (non-hydrogen) atoms. The lowest BCUT2D eigenvalue weighted by Gasteiger charge is -2.34. The average molecular weight is 222 g/mol. The topological polar surface area (TPSA) is 12.5 Å². The van der Waals surface area contributed by atoms with Gasteiger partial charge < -0.3 is 17.7 Å². The lowest BCUT2D eigenvalue weighted by atomic mass is 9.80. The number of likely N-dealkylation sites (tertiary alicyclic amines) is 1. The third-order valence-electron chi connectivity index (χ3n) is 2.69. The van der Waals surface area contributed by atoms with Crippen LogP contribution < -0.4 is 0 Å². The zero-order valence-corrected chi connectivity index (χ0v) is 8.89. The van der Waals surface area contributed by atoms with Crippen LogP contribution in [0.25, 0.3) is 0 Å². The minimum absolute atomic E-state index is 0.0623. The molecule has 0 saturated carbocycles. The predicted molar refractivity (Wildman–Crippen MR) is 54.7 cm³/mol. The molecule has 0 radical (unpaired) electrons. The van der Waals surface area contributed by atoms with E-state index in [0.717, 1.165) is 12.8 Å². The van der Waals surface area contributed by atoms with E-state index in [1.165, 1.54) is 0 Å². The minimum Gasteiger partial charge on any atom is -0.445 e. The highest BCUT2D eigenvalue weighted by molar-refractivity contribution is 6.66. The first kappa shape index (κ1) is 12.6. The van der Waals surface area contributed by atoms with Crippen LogP contribution in [0.2, 0.25) is 0 Å². The van der Waals surface area contributed by atoms with E-state index in [4.69, 9.17) is 4.74 Å². The molecule has 1 rings (SSSR count). The molecule has 0 aromatic carbocycles. The summed E-state index contributed by atoms with van der Waals surface area (Å²) in [5.41, 5.74) is -0.619. The van der Waals surface area contributed by atoms with Crippen LogP contribution >= 0.6 is 0 Å². The summed E-state index contributed by atoms with van der Waals surface area (Å²) in [4.78, 5) is 1.76. The Kier molecular flexibility index (Phi) is 4.22. The summed E-state index contributed by atoms with van der Waals surface area (Å²) in [6, 6.07) is 0. The van der Waals surface area contributed by atoms with Crippen molar-refractivity contribution < 1.29 is 17.7 Å². The van der Waals surface area contributed by atoms with Crippen molar-refractivity contribution in [3.63, 3.8) is 0 Å². The van der Waals surface area contributed by atoms with Crippen molar-refractivity contribution in [2.75, 3.05) is 26.7 Å². The fraction of sp³-hybridized carbons (Fsp3) is 0.778. The maximum absolute atomic E-state index is 12.3. The predicted octanol–water partition coefficient (Wildman–Crippen LogP) is 2.04. The highest BCUT2D eigenvalue weighted by atomic mass is 19.4. The number of piperidine rings is 1. The molecular weight excluding hydrogens is 206 g/mol. The molecule has 1 fully saturated rings. The summed E-state index contributed by atoms with van der Waals surface area (Å²) < 4.78 is 42.0. The van der Waals surface area contributed by atoms with Crippen LogP contribution in [-0.4, -0.2) is 44.7 Å². The molecule has 2 nitrogen and oxygen atoms in total. The van der Waals surface area contributed by atoms with Gasteiger partial charge in [0.2, 0.25) is 0 Å². The van der Waals surface area contributed by atoms with Crippen LogP contribution in [0.4, 0.5) is 12.9 Å². The van der Waals surface area contributed by atoms with Gasteiger partial charge in [-0.1, -0.05) is 0 Å². The van der Waals surface area contributed by atoms with Crippen molar-refractivity contribution in [1.82, 2.24) is 4.90 Å². The summed E-state index contributed by atoms with van der Waals surface area (Å²) in [5, 5.41) is 0. The third kappa shape index (κ3) is 3.87. The van der Waals surface area contributed by atoms with Gasteiger partial charge in [0.1, 0.15) is 0 Å². The maximum atomic E-state index is 12.3. The average Bonchev–Trinajstić information content (AvgIpc) is 2.16. The van der Waals surface area contributed by atoms with E-state index < -0.39 is 12.4 Å². The van der Waals surface area contributed by atoms with Crippen molar-refractivity contribution in [2.24, 2.45) is 0 Å². The highest BCUT2D eigenvalue weighted by Crippen LogP contribution is 2.21. The molecule has 1 aliphatic rings. The minimum atomic E-state index is -4.90. The van der Waals surface area contributed by atoms with Gasteiger partial charge in [0, 0.05) is 13.7 Å². The van der Waals surface area contributed by atoms with Gasteiger partial charge in [-0.05, 0) is 25.9 Å². The molecule has 0 aromatic rings. The van der Waals surface area contributed by atoms with Gasteiger partial charge in [-0.25, -0.2) is 0 Å². The van der Waals surface area contributed by atoms with E-state index in [9.17, 15) is 12.9 Å². The Bertz CT molecular complexity index is 232. The number of methoxy groups -OCH3 is 1. The van der Waals surface area contributed by atoms with Crippen LogP contribution in [-0.2, 0) is 4.74 Å². The molecule has 1 heterocycles. The fourth-order valence-corrected chi connectivity index (χ4v) is 1.74. The molecular formula is C9H16BF3NO-. The van der Waals surface area contributed by atoms with Gasteiger partial charge in [0.05, 0.1) is 6.10 Å². The number of nitrogens with zero attached hydrogens (tertiary/aromatic N) is 1. The monoisotopic (exact) mass is 222 g/mol. The standard InChI is InChI=1S/C9H16BF3NO/c1-8(10(11,12)13)6-14-5-3-4-9(7-14)15-2/h9H,1,3-7H2,2H3/q-1. The Morgan fingerprint density at radius 3 is 2.73 bits per heavy atom. The molecule has 1 aliphatic heterocycles. The van der Waals surface area contributed by atoms with Crippen molar-refractivity contribution in [3.05, 3.63) is 12.1 Å². The van der Waals surface area contributed by atoms with Crippen LogP contribution in [0.15, 0.2) is 12.1 Å². The van der Waals surface area contributed by atoms with E-state index >= 15 is 0 Å². The molecule has 6 heteroatoms. The van der Waals surface area contributed by atoms with E-state index in [2.05, 4.69) is 6.58 Å². The summed E-state index contributed by atoms with van der Waals surface area (Å²) in [6.45, 7) is -0.615. The van der Waals surface area contributed by atoms with Crippen LogP contribution in [0.1, 0.15) is 12.8 Å². The molecule has 0 aromatic heterocycles. The number of hydrogen-bond acceptors (Lipinski definition) is 2. The maximum Gasteiger partial charge on any atom is 0.506 e. The second kappa shape index (κ2) is 5.03. The van der Waals surface area contributed by atoms with Gasteiger partial charge in [-0.2, -0.15) is 0 Å². The summed E-state index contributed by atoms with van der Waals surface area (Å²) in [7, 11) is 1.59. The Morgan fingerprint density at radius 1 is 1.53 bits per heavy atom. The Balaban J connectivity index is 2.41. The van der Waals surface area contributed by atoms with Gasteiger partial charge in [-0.3, -0.25) is 4.90 Å². The fourth-order valence-electron chi connectivity index (χ4n) is 1.74. The molecule has 0 N–H and O–H groups in total. The Hall–Kier alpha value is -0.485. The van der Waals surface area contributed by atoms with Gasteiger partial charge in [0.15, 0.2) is 0 Å². The lowest BCUT2D eigenvalue weighted by molar-refractivity contribution is 0.0350. The third-order valence-corrected chi connectivity index (χ3v) is 2.69. The lowest BCUT2D eigenvalue weighted by Crippen LogP contribution is -2.42. The van der Waals surface area contributed by atoms with E-state index in [0.29, 0.717) is 13.1 Å². The van der Waals surface area contributed by atoms with Crippen molar-refractivity contribution in [3.8, 4) is 0 Å². The van der Waals surface area contributed by atoms with Gasteiger partial charge in [0.25, 0.3) is 0 Å². The highest BCUT2D eigenvalue weighted by Gasteiger charge is 2.29. The molecule has 0 aliphatic carbocycles. The van der Waals surface area contributed by atoms with Gasteiger partial charge in [-0.15, -0.1) is 12.1 Å². The molecule has 1 saturated heterocycles. The first-order valence-corrected chi connectivity index (χ1v) is 5.06. The molecule has 1 atom stereocenters. The van der Waals surface area contributed by atoms with Crippen molar-refractivity contribution >= 4 is 6.98 Å². The van der Waals surface area contributed by atoms with Gasteiger partial charge >= 0.3 is 6.98 Å². The quantitative estimate of drug-likeness (QED) is 0.675. The largest absolute Gasteiger partial charge is 0.506 e. The number of ether oxygens (including phenoxy) is 1. The molecule has 0 amide bonds. The van der Waals surface area contributed by atoms with E-state index in [-0.39, 0.29) is 12.6 Å². The summed E-state index contributed by atoms with van der Waals surface area (Å²) >= 11 is 0. The molecule has 88 valence electrons. The number of hydrogen-bond donors (Lipinski definition) is 0. The van der Waals surface area contributed by atoms with Crippen LogP contribution in [0, 0.1) is 0 Å². The number of halogens is 3. The molecule has 0 bridgehead atoms. The second-order valence-corrected chi connectivity index (χ2v) is 3.97. The summed E-state index contributed by atoms with van der Waals surface area (Å²) in [6.07, 6.45) is 1.88. The van der Waals surface area contributed by atoms with E-state index in [1.807, 2.05) is 0 Å². The Labute approximate surface area is 88.1 Å². The smallest absolute Gasteiger partial charge is 0.445 e. The first-order chi connectivity index (χ1) is 6.93. The van der Waals surface area contributed by atoms with Crippen molar-refractivity contribution in [2.45, 2.75) is 18.9 Å². The Morgan fingerprint density at radius 2 is 2.20 bits per heavy atom. The zero-order chi connectivity index (χ0) is 11.5. The second-order valence-electron chi connectivity index (χ2n) is 3.97. The van der Waals surface area contributed by atoms with E-state index in [1.54, 1.807) is 12.0 Å². The summed E-state index contributed by atoms with van der Waals surface area (Å²) in [5.74, 6) is 0. The van der Waals surface area contributed by atoms with Crippen LogP contribution in [0.5, 0.6) is 0 Å².